The number of halogens is 1. The van der Waals surface area contributed by atoms with Crippen molar-refractivity contribution in [2.75, 3.05) is 39.3 Å². The lowest BCUT2D eigenvalue weighted by molar-refractivity contribution is -0.141. The van der Waals surface area contributed by atoms with Crippen molar-refractivity contribution in [1.29, 1.82) is 0 Å². The lowest BCUT2D eigenvalue weighted by Gasteiger charge is -2.39. The van der Waals surface area contributed by atoms with Crippen molar-refractivity contribution in [3.05, 3.63) is 34.9 Å². The van der Waals surface area contributed by atoms with Gasteiger partial charge in [-0.3, -0.25) is 14.5 Å². The molecule has 2 heterocycles. The molecule has 2 saturated heterocycles. The zero-order valence-electron chi connectivity index (χ0n) is 14.1. The Kier molecular flexibility index (Phi) is 5.41. The summed E-state index contributed by atoms with van der Waals surface area (Å²) >= 11 is 5.89. The van der Waals surface area contributed by atoms with Crippen LogP contribution in [0.1, 0.15) is 18.9 Å². The summed E-state index contributed by atoms with van der Waals surface area (Å²) in [7, 11) is 0. The number of nitrogens with zero attached hydrogens (tertiary/aromatic N) is 3. The van der Waals surface area contributed by atoms with Gasteiger partial charge in [-0.25, -0.2) is 0 Å². The van der Waals surface area contributed by atoms with Crippen molar-refractivity contribution in [2.45, 2.75) is 25.8 Å². The lowest BCUT2D eigenvalue weighted by atomic mass is 10.1. The van der Waals surface area contributed by atoms with E-state index in [1.807, 2.05) is 41.0 Å². The molecule has 6 heteroatoms. The van der Waals surface area contributed by atoms with Crippen LogP contribution in [-0.2, 0) is 16.0 Å². The van der Waals surface area contributed by atoms with Crippen LogP contribution in [0.4, 0.5) is 0 Å². The molecule has 0 aromatic heterocycles. The highest BCUT2D eigenvalue weighted by Crippen LogP contribution is 2.19. The summed E-state index contributed by atoms with van der Waals surface area (Å²) in [4.78, 5) is 31.2. The van der Waals surface area contributed by atoms with Crippen molar-refractivity contribution in [2.24, 2.45) is 0 Å². The van der Waals surface area contributed by atoms with E-state index in [4.69, 9.17) is 11.6 Å². The first kappa shape index (κ1) is 17.2. The number of carbonyl (C=O) groups excluding carboxylic acids is 2. The van der Waals surface area contributed by atoms with E-state index in [0.29, 0.717) is 24.5 Å². The zero-order valence-corrected chi connectivity index (χ0v) is 14.8. The molecule has 0 N–H and O–H groups in total. The number of benzene rings is 1. The Balaban J connectivity index is 1.61. The highest BCUT2D eigenvalue weighted by Gasteiger charge is 2.36. The molecule has 1 aromatic carbocycles. The highest BCUT2D eigenvalue weighted by molar-refractivity contribution is 6.30. The minimum Gasteiger partial charge on any atom is -0.341 e. The molecule has 2 amide bonds. The van der Waals surface area contributed by atoms with Gasteiger partial charge < -0.3 is 9.80 Å². The standard InChI is InChI=1S/C18H24ClN3O2/c1-2-20-9-10-21-11-12-22(8-7-16(21)18(20)24)17(23)13-14-3-5-15(19)6-4-14/h3-6,16H,2,7-13H2,1H3. The maximum absolute atomic E-state index is 12.6. The predicted octanol–water partition coefficient (Wildman–Crippen LogP) is 1.65. The van der Waals surface area contributed by atoms with Crippen molar-refractivity contribution >= 4 is 23.4 Å². The van der Waals surface area contributed by atoms with Gasteiger partial charge in [0.25, 0.3) is 0 Å². The molecule has 2 aliphatic rings. The first-order valence-electron chi connectivity index (χ1n) is 8.63. The molecular formula is C18H24ClN3O2. The molecule has 5 nitrogen and oxygen atoms in total. The van der Waals surface area contributed by atoms with Crippen LogP contribution >= 0.6 is 11.6 Å². The Morgan fingerprint density at radius 2 is 1.83 bits per heavy atom. The van der Waals surface area contributed by atoms with Gasteiger partial charge in [-0.15, -0.1) is 0 Å². The SMILES string of the molecule is CCN1CCN2CCN(C(=O)Cc3ccc(Cl)cc3)CCC2C1=O. The van der Waals surface area contributed by atoms with Crippen LogP contribution in [0.15, 0.2) is 24.3 Å². The highest BCUT2D eigenvalue weighted by atomic mass is 35.5. The largest absolute Gasteiger partial charge is 0.341 e. The first-order valence-corrected chi connectivity index (χ1v) is 9.01. The summed E-state index contributed by atoms with van der Waals surface area (Å²) in [6, 6.07) is 7.34. The maximum Gasteiger partial charge on any atom is 0.240 e. The number of rotatable bonds is 3. The number of amides is 2. The Morgan fingerprint density at radius 1 is 1.12 bits per heavy atom. The van der Waals surface area contributed by atoms with Gasteiger partial charge in [0.15, 0.2) is 0 Å². The predicted molar refractivity (Wildman–Crippen MR) is 94.0 cm³/mol. The average molecular weight is 350 g/mol. The molecule has 0 bridgehead atoms. The van der Waals surface area contributed by atoms with Crippen LogP contribution in [0.2, 0.25) is 5.02 Å². The minimum atomic E-state index is -0.0629. The molecule has 1 unspecified atom stereocenters. The molecular weight excluding hydrogens is 326 g/mol. The number of hydrogen-bond donors (Lipinski definition) is 0. The Bertz CT molecular complexity index is 605. The molecule has 1 aromatic rings. The fraction of sp³-hybridized carbons (Fsp3) is 0.556. The van der Waals surface area contributed by atoms with Crippen molar-refractivity contribution in [3.63, 3.8) is 0 Å². The lowest BCUT2D eigenvalue weighted by Crippen LogP contribution is -2.56. The second-order valence-electron chi connectivity index (χ2n) is 6.44. The van der Waals surface area contributed by atoms with Gasteiger partial charge in [-0.2, -0.15) is 0 Å². The van der Waals surface area contributed by atoms with Crippen molar-refractivity contribution < 1.29 is 9.59 Å². The molecule has 0 saturated carbocycles. The van der Waals surface area contributed by atoms with Gasteiger partial charge in [0.2, 0.25) is 11.8 Å². The van der Waals surface area contributed by atoms with Crippen LogP contribution < -0.4 is 0 Å². The van der Waals surface area contributed by atoms with E-state index < -0.39 is 0 Å². The molecule has 2 aliphatic heterocycles. The van der Waals surface area contributed by atoms with Crippen LogP contribution in [-0.4, -0.2) is 71.8 Å². The topological polar surface area (TPSA) is 43.9 Å². The number of carbonyl (C=O) groups is 2. The number of fused-ring (bicyclic) bond motifs is 1. The van der Waals surface area contributed by atoms with E-state index in [9.17, 15) is 9.59 Å². The third-order valence-electron chi connectivity index (χ3n) is 5.03. The third kappa shape index (κ3) is 3.73. The molecule has 3 rings (SSSR count). The minimum absolute atomic E-state index is 0.0629. The molecule has 24 heavy (non-hydrogen) atoms. The van der Waals surface area contributed by atoms with Crippen LogP contribution in [0.3, 0.4) is 0 Å². The summed E-state index contributed by atoms with van der Waals surface area (Å²) in [5, 5.41) is 0.678. The van der Waals surface area contributed by atoms with Gasteiger partial charge >= 0.3 is 0 Å². The summed E-state index contributed by atoms with van der Waals surface area (Å²) in [6.07, 6.45) is 1.11. The Morgan fingerprint density at radius 3 is 2.54 bits per heavy atom. The van der Waals surface area contributed by atoms with E-state index in [1.165, 1.54) is 0 Å². The van der Waals surface area contributed by atoms with Gasteiger partial charge in [-0.05, 0) is 31.0 Å². The van der Waals surface area contributed by atoms with E-state index in [0.717, 1.165) is 38.2 Å². The van der Waals surface area contributed by atoms with Crippen LogP contribution in [0, 0.1) is 0 Å². The Hall–Kier alpha value is -1.59. The second kappa shape index (κ2) is 7.53. The van der Waals surface area contributed by atoms with Gasteiger partial charge in [-0.1, -0.05) is 23.7 Å². The van der Waals surface area contributed by atoms with E-state index in [1.54, 1.807) is 0 Å². The van der Waals surface area contributed by atoms with Crippen molar-refractivity contribution in [1.82, 2.24) is 14.7 Å². The van der Waals surface area contributed by atoms with E-state index in [-0.39, 0.29) is 17.9 Å². The summed E-state index contributed by atoms with van der Waals surface area (Å²) in [6.45, 7) is 6.61. The fourth-order valence-corrected chi connectivity index (χ4v) is 3.67. The molecule has 2 fully saturated rings. The first-order chi connectivity index (χ1) is 11.6. The Labute approximate surface area is 148 Å². The van der Waals surface area contributed by atoms with Gasteiger partial charge in [0, 0.05) is 44.3 Å². The van der Waals surface area contributed by atoms with E-state index >= 15 is 0 Å². The zero-order chi connectivity index (χ0) is 17.1. The quantitative estimate of drug-likeness (QED) is 0.833. The van der Waals surface area contributed by atoms with Gasteiger partial charge in [0.05, 0.1) is 12.5 Å². The number of likely N-dealkylation sites (N-methyl/N-ethyl adjacent to an activating group) is 1. The molecule has 0 aliphatic carbocycles. The third-order valence-corrected chi connectivity index (χ3v) is 5.28. The summed E-state index contributed by atoms with van der Waals surface area (Å²) in [5.74, 6) is 0.340. The normalized spacial score (nSPS) is 22.2. The number of piperazine rings is 1. The fourth-order valence-electron chi connectivity index (χ4n) is 3.55. The van der Waals surface area contributed by atoms with Crippen molar-refractivity contribution in [3.8, 4) is 0 Å². The molecule has 130 valence electrons. The van der Waals surface area contributed by atoms with E-state index in [2.05, 4.69) is 4.90 Å². The molecule has 0 spiro atoms. The maximum atomic E-state index is 12.6. The van der Waals surface area contributed by atoms with Crippen LogP contribution in [0.25, 0.3) is 0 Å². The molecule has 0 radical (unpaired) electrons. The monoisotopic (exact) mass is 349 g/mol. The van der Waals surface area contributed by atoms with Gasteiger partial charge in [0.1, 0.15) is 0 Å². The summed E-state index contributed by atoms with van der Waals surface area (Å²) < 4.78 is 0. The summed E-state index contributed by atoms with van der Waals surface area (Å²) in [5.41, 5.74) is 0.972. The smallest absolute Gasteiger partial charge is 0.240 e. The molecule has 1 atom stereocenters. The second-order valence-corrected chi connectivity index (χ2v) is 6.88. The average Bonchev–Trinajstić information content (AvgIpc) is 2.80. The number of hydrogen-bond acceptors (Lipinski definition) is 3. The van der Waals surface area contributed by atoms with Crippen LogP contribution in [0.5, 0.6) is 0 Å².